The summed E-state index contributed by atoms with van der Waals surface area (Å²) in [7, 11) is 0. The van der Waals surface area contributed by atoms with Gasteiger partial charge >= 0.3 is 0 Å². The van der Waals surface area contributed by atoms with Crippen molar-refractivity contribution in [3.8, 4) is 0 Å². The van der Waals surface area contributed by atoms with Crippen LogP contribution < -0.4 is 5.73 Å². The largest absolute Gasteiger partial charge is 0.398 e. The molecule has 0 aliphatic heterocycles. The molecule has 1 aromatic heterocycles. The summed E-state index contributed by atoms with van der Waals surface area (Å²) in [6, 6.07) is 8.50. The summed E-state index contributed by atoms with van der Waals surface area (Å²) in [5.74, 6) is 0.573. The van der Waals surface area contributed by atoms with E-state index in [9.17, 15) is 0 Å². The monoisotopic (exact) mass is 242 g/mol. The van der Waals surface area contributed by atoms with Crippen molar-refractivity contribution >= 4 is 16.6 Å². The Morgan fingerprint density at radius 3 is 2.67 bits per heavy atom. The molecule has 0 aliphatic carbocycles. The lowest BCUT2D eigenvalue weighted by atomic mass is 9.96. The summed E-state index contributed by atoms with van der Waals surface area (Å²) in [5.41, 5.74) is 10.5. The number of nitrogens with two attached hydrogens (primary N) is 1. The molecule has 1 atom stereocenters. The summed E-state index contributed by atoms with van der Waals surface area (Å²) in [4.78, 5) is 4.67. The molecule has 96 valence electrons. The predicted octanol–water partition coefficient (Wildman–Crippen LogP) is 4.28. The van der Waals surface area contributed by atoms with Gasteiger partial charge in [-0.15, -0.1) is 0 Å². The summed E-state index contributed by atoms with van der Waals surface area (Å²) < 4.78 is 0. The molecular weight excluding hydrogens is 220 g/mol. The van der Waals surface area contributed by atoms with Gasteiger partial charge in [0.25, 0.3) is 0 Å². The van der Waals surface area contributed by atoms with Gasteiger partial charge in [0.15, 0.2) is 0 Å². The lowest BCUT2D eigenvalue weighted by Crippen LogP contribution is -1.98. The Morgan fingerprint density at radius 1 is 1.22 bits per heavy atom. The number of hydrogen-bond donors (Lipinski definition) is 1. The molecule has 0 saturated heterocycles. The van der Waals surface area contributed by atoms with E-state index in [1.165, 1.54) is 5.56 Å². The zero-order chi connectivity index (χ0) is 13.1. The third-order valence-corrected chi connectivity index (χ3v) is 3.61. The maximum absolute atomic E-state index is 6.16. The van der Waals surface area contributed by atoms with E-state index in [4.69, 9.17) is 5.73 Å². The van der Waals surface area contributed by atoms with Crippen LogP contribution in [0.1, 0.15) is 50.8 Å². The molecule has 1 heterocycles. The lowest BCUT2D eigenvalue weighted by Gasteiger charge is -2.11. The van der Waals surface area contributed by atoms with E-state index in [0.717, 1.165) is 41.5 Å². The van der Waals surface area contributed by atoms with Crippen molar-refractivity contribution in [3.63, 3.8) is 0 Å². The molecule has 0 radical (unpaired) electrons. The first-order valence-electron chi connectivity index (χ1n) is 6.84. The molecule has 0 bridgehead atoms. The second-order valence-corrected chi connectivity index (χ2v) is 5.04. The molecule has 2 aromatic rings. The first-order chi connectivity index (χ1) is 8.65. The molecule has 2 rings (SSSR count). The molecule has 18 heavy (non-hydrogen) atoms. The number of pyridine rings is 1. The summed E-state index contributed by atoms with van der Waals surface area (Å²) in [6.07, 6.45) is 3.24. The number of benzene rings is 1. The van der Waals surface area contributed by atoms with E-state index in [0.29, 0.717) is 5.92 Å². The van der Waals surface area contributed by atoms with Crippen LogP contribution in [-0.2, 0) is 6.42 Å². The van der Waals surface area contributed by atoms with Crippen molar-refractivity contribution in [1.29, 1.82) is 0 Å². The topological polar surface area (TPSA) is 38.9 Å². The number of hydrogen-bond acceptors (Lipinski definition) is 2. The third-order valence-electron chi connectivity index (χ3n) is 3.61. The molecule has 2 N–H and O–H groups in total. The highest BCUT2D eigenvalue weighted by Crippen LogP contribution is 2.27. The molecule has 0 saturated carbocycles. The summed E-state index contributed by atoms with van der Waals surface area (Å²) >= 11 is 0. The third kappa shape index (κ3) is 2.47. The molecule has 0 spiro atoms. The minimum atomic E-state index is 0.573. The number of rotatable bonds is 4. The standard InChI is InChI=1S/C16H22N2/c1-4-6-13-10-15(17)14-9-12(11(3)5-2)7-8-16(14)18-13/h7-11H,4-6H2,1-3H3,(H2,17,18). The van der Waals surface area contributed by atoms with E-state index in [2.05, 4.69) is 44.0 Å². The fraction of sp³-hybridized carbons (Fsp3) is 0.438. The highest BCUT2D eigenvalue weighted by atomic mass is 14.7. The highest BCUT2D eigenvalue weighted by Gasteiger charge is 2.07. The molecule has 2 heteroatoms. The van der Waals surface area contributed by atoms with Gasteiger partial charge < -0.3 is 5.73 Å². The normalized spacial score (nSPS) is 12.8. The van der Waals surface area contributed by atoms with Gasteiger partial charge in [0, 0.05) is 16.8 Å². The predicted molar refractivity (Wildman–Crippen MR) is 78.9 cm³/mol. The van der Waals surface area contributed by atoms with Crippen molar-refractivity contribution in [2.24, 2.45) is 0 Å². The highest BCUT2D eigenvalue weighted by molar-refractivity contribution is 5.90. The van der Waals surface area contributed by atoms with Crippen LogP contribution in [-0.4, -0.2) is 4.98 Å². The zero-order valence-corrected chi connectivity index (χ0v) is 11.5. The van der Waals surface area contributed by atoms with E-state index < -0.39 is 0 Å². The maximum atomic E-state index is 6.16. The average molecular weight is 242 g/mol. The van der Waals surface area contributed by atoms with Gasteiger partial charge in [0.2, 0.25) is 0 Å². The van der Waals surface area contributed by atoms with E-state index in [1.54, 1.807) is 0 Å². The van der Waals surface area contributed by atoms with E-state index >= 15 is 0 Å². The Hall–Kier alpha value is -1.57. The van der Waals surface area contributed by atoms with E-state index in [1.807, 2.05) is 6.07 Å². The average Bonchev–Trinajstić information content (AvgIpc) is 2.38. The molecule has 1 unspecified atom stereocenters. The van der Waals surface area contributed by atoms with Gasteiger partial charge in [-0.3, -0.25) is 4.98 Å². The van der Waals surface area contributed by atoms with Gasteiger partial charge in [0.1, 0.15) is 0 Å². The quantitative estimate of drug-likeness (QED) is 0.869. The summed E-state index contributed by atoms with van der Waals surface area (Å²) in [6.45, 7) is 6.62. The number of nitrogen functional groups attached to an aromatic ring is 1. The molecule has 0 fully saturated rings. The van der Waals surface area contributed by atoms with Gasteiger partial charge in [-0.05, 0) is 42.5 Å². The Bertz CT molecular complexity index is 546. The van der Waals surface area contributed by atoms with Crippen LogP contribution in [0.25, 0.3) is 10.9 Å². The van der Waals surface area contributed by atoms with Gasteiger partial charge in [-0.1, -0.05) is 33.3 Å². The Labute approximate surface area is 109 Å². The number of anilines is 1. The number of fused-ring (bicyclic) bond motifs is 1. The first-order valence-corrected chi connectivity index (χ1v) is 6.84. The van der Waals surface area contributed by atoms with Crippen LogP contribution in [0, 0.1) is 0 Å². The van der Waals surface area contributed by atoms with Crippen LogP contribution in [0.15, 0.2) is 24.3 Å². The molecule has 2 nitrogen and oxygen atoms in total. The summed E-state index contributed by atoms with van der Waals surface area (Å²) in [5, 5.41) is 1.09. The van der Waals surface area contributed by atoms with Crippen LogP contribution in [0.2, 0.25) is 0 Å². The second-order valence-electron chi connectivity index (χ2n) is 5.04. The van der Waals surface area contributed by atoms with Gasteiger partial charge in [-0.2, -0.15) is 0 Å². The first kappa shape index (κ1) is 12.9. The number of nitrogens with zero attached hydrogens (tertiary/aromatic N) is 1. The number of aromatic nitrogens is 1. The Balaban J connectivity index is 2.51. The van der Waals surface area contributed by atoms with Crippen molar-refractivity contribution in [2.75, 3.05) is 5.73 Å². The maximum Gasteiger partial charge on any atom is 0.0726 e. The van der Waals surface area contributed by atoms with Crippen LogP contribution >= 0.6 is 0 Å². The Morgan fingerprint density at radius 2 is 2.00 bits per heavy atom. The molecule has 0 aliphatic rings. The fourth-order valence-corrected chi connectivity index (χ4v) is 2.25. The second kappa shape index (κ2) is 5.38. The minimum Gasteiger partial charge on any atom is -0.398 e. The molecule has 1 aromatic carbocycles. The lowest BCUT2D eigenvalue weighted by molar-refractivity contribution is 0.734. The van der Waals surface area contributed by atoms with Crippen molar-refractivity contribution in [2.45, 2.75) is 46.0 Å². The SMILES string of the molecule is CCCc1cc(N)c2cc(C(C)CC)ccc2n1. The van der Waals surface area contributed by atoms with Crippen LogP contribution in [0.5, 0.6) is 0 Å². The molecular formula is C16H22N2. The van der Waals surface area contributed by atoms with E-state index in [-0.39, 0.29) is 0 Å². The van der Waals surface area contributed by atoms with Gasteiger partial charge in [-0.25, -0.2) is 0 Å². The molecule has 0 amide bonds. The van der Waals surface area contributed by atoms with Crippen molar-refractivity contribution in [1.82, 2.24) is 4.98 Å². The van der Waals surface area contributed by atoms with Crippen molar-refractivity contribution < 1.29 is 0 Å². The number of aryl methyl sites for hydroxylation is 1. The van der Waals surface area contributed by atoms with Crippen molar-refractivity contribution in [3.05, 3.63) is 35.5 Å². The zero-order valence-electron chi connectivity index (χ0n) is 11.5. The minimum absolute atomic E-state index is 0.573. The smallest absolute Gasteiger partial charge is 0.0726 e. The van der Waals surface area contributed by atoms with Crippen LogP contribution in [0.4, 0.5) is 5.69 Å². The Kier molecular flexibility index (Phi) is 3.85. The fourth-order valence-electron chi connectivity index (χ4n) is 2.25. The van der Waals surface area contributed by atoms with Crippen LogP contribution in [0.3, 0.4) is 0 Å². The van der Waals surface area contributed by atoms with Gasteiger partial charge in [0.05, 0.1) is 5.52 Å².